The first kappa shape index (κ1) is 9.63. The third kappa shape index (κ3) is 0.874. The van der Waals surface area contributed by atoms with Crippen LogP contribution >= 0.6 is 0 Å². The average molecular weight is 230 g/mol. The molecule has 5 aliphatic rings. The van der Waals surface area contributed by atoms with Gasteiger partial charge in [0.2, 0.25) is 0 Å². The van der Waals surface area contributed by atoms with Crippen molar-refractivity contribution in [1.82, 2.24) is 0 Å². The molecule has 0 N–H and O–H groups in total. The first-order chi connectivity index (χ1) is 8.11. The molecule has 1 saturated heterocycles. The lowest BCUT2D eigenvalue weighted by molar-refractivity contribution is -0.154. The number of carbonyl (C=O) groups is 2. The summed E-state index contributed by atoms with van der Waals surface area (Å²) in [5.74, 6) is 0.332. The molecule has 17 heavy (non-hydrogen) atoms. The van der Waals surface area contributed by atoms with Crippen molar-refractivity contribution in [3.05, 3.63) is 23.3 Å². The topological polar surface area (TPSA) is 43.4 Å². The lowest BCUT2D eigenvalue weighted by Crippen LogP contribution is -2.54. The van der Waals surface area contributed by atoms with Crippen LogP contribution in [0, 0.1) is 35.5 Å². The van der Waals surface area contributed by atoms with Gasteiger partial charge < -0.3 is 4.74 Å². The number of hydrogen-bond donors (Lipinski definition) is 0. The van der Waals surface area contributed by atoms with Gasteiger partial charge in [0.1, 0.15) is 0 Å². The zero-order valence-corrected chi connectivity index (χ0v) is 9.84. The molecule has 2 fully saturated rings. The number of cyclic esters (lactones) is 2. The van der Waals surface area contributed by atoms with Gasteiger partial charge in [-0.15, -0.1) is 0 Å². The number of allylic oxidation sites excluding steroid dienone is 4. The van der Waals surface area contributed by atoms with Crippen LogP contribution in [0.15, 0.2) is 23.3 Å². The molecular formula is C14H14O3. The number of rotatable bonds is 0. The number of esters is 2. The Kier molecular flexibility index (Phi) is 1.54. The Morgan fingerprint density at radius 3 is 1.65 bits per heavy atom. The van der Waals surface area contributed by atoms with Crippen molar-refractivity contribution >= 4 is 11.9 Å². The number of carbonyl (C=O) groups excluding carboxylic acids is 2. The van der Waals surface area contributed by atoms with Gasteiger partial charge in [0.05, 0.1) is 11.8 Å². The van der Waals surface area contributed by atoms with Gasteiger partial charge >= 0.3 is 11.9 Å². The molecule has 1 saturated carbocycles. The Labute approximate surface area is 99.5 Å². The average Bonchev–Trinajstić information content (AvgIpc) is 2.65. The summed E-state index contributed by atoms with van der Waals surface area (Å²) in [6.45, 7) is 4.31. The Hall–Kier alpha value is -1.38. The first-order valence-electron chi connectivity index (χ1n) is 6.22. The fourth-order valence-electron chi connectivity index (χ4n) is 4.53. The van der Waals surface area contributed by atoms with E-state index in [1.807, 2.05) is 0 Å². The number of hydrogen-bond acceptors (Lipinski definition) is 3. The molecule has 2 bridgehead atoms. The SMILES string of the molecule is CC1=C(C)[C@H]2[C@H]3C=C[C@H]([C@@H]12)[C@@H]1C(=O)OC(=O)[C@@H]31. The molecule has 1 aliphatic heterocycles. The highest BCUT2D eigenvalue weighted by Gasteiger charge is 2.64. The molecule has 0 aromatic heterocycles. The number of ether oxygens (including phenoxy) is 1. The van der Waals surface area contributed by atoms with E-state index in [9.17, 15) is 9.59 Å². The maximum Gasteiger partial charge on any atom is 0.318 e. The molecule has 6 atom stereocenters. The molecule has 0 aromatic rings. The molecule has 4 aliphatic carbocycles. The van der Waals surface area contributed by atoms with E-state index in [-0.39, 0.29) is 35.6 Å². The Morgan fingerprint density at radius 2 is 1.24 bits per heavy atom. The summed E-state index contributed by atoms with van der Waals surface area (Å²) < 4.78 is 4.85. The summed E-state index contributed by atoms with van der Waals surface area (Å²) in [7, 11) is 0. The van der Waals surface area contributed by atoms with Gasteiger partial charge in [0.15, 0.2) is 0 Å². The van der Waals surface area contributed by atoms with Gasteiger partial charge in [-0.1, -0.05) is 23.3 Å². The fraction of sp³-hybridized carbons (Fsp3) is 0.571. The molecule has 88 valence electrons. The van der Waals surface area contributed by atoms with Gasteiger partial charge in [-0.05, 0) is 37.5 Å². The largest absolute Gasteiger partial charge is 0.393 e. The van der Waals surface area contributed by atoms with Crippen molar-refractivity contribution in [2.75, 3.05) is 0 Å². The van der Waals surface area contributed by atoms with Crippen molar-refractivity contribution in [3.8, 4) is 0 Å². The highest BCUT2D eigenvalue weighted by Crippen LogP contribution is 2.63. The standard InChI is InChI=1S/C14H14O3/c1-5-6(2)10-8-4-3-7(9(5)10)11-12(8)14(16)17-13(11)15/h3-4,7-12H,1-2H3/t7-,8-,9-,10+,11+,12+/m1/s1. The van der Waals surface area contributed by atoms with Gasteiger partial charge in [-0.2, -0.15) is 0 Å². The monoisotopic (exact) mass is 230 g/mol. The minimum Gasteiger partial charge on any atom is -0.393 e. The smallest absolute Gasteiger partial charge is 0.318 e. The zero-order valence-electron chi connectivity index (χ0n) is 9.84. The maximum absolute atomic E-state index is 11.8. The summed E-state index contributed by atoms with van der Waals surface area (Å²) in [6, 6.07) is 0. The molecule has 0 unspecified atom stereocenters. The van der Waals surface area contributed by atoms with Crippen LogP contribution in [0.5, 0.6) is 0 Å². The van der Waals surface area contributed by atoms with E-state index in [1.54, 1.807) is 0 Å². The van der Waals surface area contributed by atoms with Crippen LogP contribution in [0.25, 0.3) is 0 Å². The lowest BCUT2D eigenvalue weighted by Gasteiger charge is -2.56. The third-order valence-corrected chi connectivity index (χ3v) is 5.36. The minimum atomic E-state index is -0.296. The molecule has 3 heteroatoms. The minimum absolute atomic E-state index is 0.192. The van der Waals surface area contributed by atoms with Crippen LogP contribution in [-0.2, 0) is 14.3 Å². The lowest BCUT2D eigenvalue weighted by atomic mass is 9.46. The molecule has 0 aromatic carbocycles. The summed E-state index contributed by atoms with van der Waals surface area (Å²) in [6.07, 6.45) is 4.28. The molecule has 3 nitrogen and oxygen atoms in total. The predicted octanol–water partition coefficient (Wildman–Crippen LogP) is 1.70. The zero-order chi connectivity index (χ0) is 11.9. The van der Waals surface area contributed by atoms with Gasteiger partial charge in [0, 0.05) is 0 Å². The van der Waals surface area contributed by atoms with Crippen molar-refractivity contribution in [2.45, 2.75) is 13.8 Å². The Morgan fingerprint density at radius 1 is 0.824 bits per heavy atom. The second-order valence-electron chi connectivity index (χ2n) is 5.75. The molecule has 0 radical (unpaired) electrons. The van der Waals surface area contributed by atoms with E-state index < -0.39 is 0 Å². The summed E-state index contributed by atoms with van der Waals surface area (Å²) in [5.41, 5.74) is 2.83. The van der Waals surface area contributed by atoms with Crippen molar-refractivity contribution < 1.29 is 14.3 Å². The normalized spacial score (nSPS) is 50.0. The second kappa shape index (κ2) is 2.71. The molecule has 0 amide bonds. The van der Waals surface area contributed by atoms with Crippen LogP contribution in [-0.4, -0.2) is 11.9 Å². The van der Waals surface area contributed by atoms with Gasteiger partial charge in [0.25, 0.3) is 0 Å². The van der Waals surface area contributed by atoms with Crippen LogP contribution in [0.4, 0.5) is 0 Å². The van der Waals surface area contributed by atoms with E-state index in [1.165, 1.54) is 11.1 Å². The van der Waals surface area contributed by atoms with Crippen molar-refractivity contribution in [2.24, 2.45) is 35.5 Å². The van der Waals surface area contributed by atoms with E-state index >= 15 is 0 Å². The van der Waals surface area contributed by atoms with Crippen molar-refractivity contribution in [1.29, 1.82) is 0 Å². The van der Waals surface area contributed by atoms with Crippen LogP contribution in [0.3, 0.4) is 0 Å². The molecule has 1 heterocycles. The second-order valence-corrected chi connectivity index (χ2v) is 5.75. The van der Waals surface area contributed by atoms with Crippen LogP contribution in [0.1, 0.15) is 13.8 Å². The van der Waals surface area contributed by atoms with Crippen LogP contribution < -0.4 is 0 Å². The van der Waals surface area contributed by atoms with E-state index in [2.05, 4.69) is 26.0 Å². The quantitative estimate of drug-likeness (QED) is 0.361. The molecule has 5 rings (SSSR count). The highest BCUT2D eigenvalue weighted by molar-refractivity contribution is 5.98. The fourth-order valence-corrected chi connectivity index (χ4v) is 4.53. The van der Waals surface area contributed by atoms with E-state index in [4.69, 9.17) is 4.74 Å². The summed E-state index contributed by atoms with van der Waals surface area (Å²) in [4.78, 5) is 23.6. The highest BCUT2D eigenvalue weighted by atomic mass is 16.6. The Balaban J connectivity index is 1.86. The van der Waals surface area contributed by atoms with E-state index in [0.717, 1.165) is 0 Å². The van der Waals surface area contributed by atoms with E-state index in [0.29, 0.717) is 11.8 Å². The predicted molar refractivity (Wildman–Crippen MR) is 59.6 cm³/mol. The van der Waals surface area contributed by atoms with Crippen molar-refractivity contribution in [3.63, 3.8) is 0 Å². The molecular weight excluding hydrogens is 216 g/mol. The van der Waals surface area contributed by atoms with Gasteiger partial charge in [-0.3, -0.25) is 9.59 Å². The summed E-state index contributed by atoms with van der Waals surface area (Å²) in [5, 5.41) is 0. The van der Waals surface area contributed by atoms with Gasteiger partial charge in [-0.25, -0.2) is 0 Å². The molecule has 0 spiro atoms. The van der Waals surface area contributed by atoms with Crippen LogP contribution in [0.2, 0.25) is 0 Å². The first-order valence-corrected chi connectivity index (χ1v) is 6.22. The maximum atomic E-state index is 11.8. The Bertz CT molecular complexity index is 470. The summed E-state index contributed by atoms with van der Waals surface area (Å²) >= 11 is 0. The third-order valence-electron chi connectivity index (χ3n) is 5.36.